The second kappa shape index (κ2) is 2.87. The highest BCUT2D eigenvalue weighted by Gasteiger charge is 2.16. The molecule has 2 rings (SSSR count). The van der Waals surface area contributed by atoms with Crippen LogP contribution in [0.15, 0.2) is 23.0 Å². The van der Waals surface area contributed by atoms with Crippen LogP contribution < -0.4 is 5.56 Å². The van der Waals surface area contributed by atoms with E-state index in [2.05, 4.69) is 24.9 Å². The van der Waals surface area contributed by atoms with Crippen molar-refractivity contribution in [2.45, 2.75) is 20.3 Å². The Hall–Kier alpha value is -1.31. The first kappa shape index (κ1) is 8.30. The first-order chi connectivity index (χ1) is 6.18. The van der Waals surface area contributed by atoms with Crippen LogP contribution >= 0.6 is 0 Å². The number of aromatic amines is 1. The third kappa shape index (κ3) is 1.32. The number of hydrogen-bond donors (Lipinski definition) is 1. The first-order valence-corrected chi connectivity index (χ1v) is 4.61. The minimum atomic E-state index is -0.00722. The van der Waals surface area contributed by atoms with E-state index in [1.54, 1.807) is 6.07 Å². The molecule has 1 N–H and O–H groups in total. The molecule has 1 aromatic rings. The molecule has 0 unspecified atom stereocenters. The van der Waals surface area contributed by atoms with Crippen LogP contribution in [0.4, 0.5) is 0 Å². The Balaban J connectivity index is 2.54. The van der Waals surface area contributed by atoms with Gasteiger partial charge in [0.15, 0.2) is 0 Å². The Labute approximate surface area is 77.3 Å². The Kier molecular flexibility index (Phi) is 1.83. The average molecular weight is 175 g/mol. The molecule has 0 saturated heterocycles. The zero-order valence-corrected chi connectivity index (χ0v) is 7.92. The summed E-state index contributed by atoms with van der Waals surface area (Å²) >= 11 is 0. The highest BCUT2D eigenvalue weighted by atomic mass is 16.1. The van der Waals surface area contributed by atoms with E-state index in [4.69, 9.17) is 0 Å². The predicted octanol–water partition coefficient (Wildman–Crippen LogP) is 1.97. The summed E-state index contributed by atoms with van der Waals surface area (Å²) in [5.41, 5.74) is 3.55. The van der Waals surface area contributed by atoms with Crippen LogP contribution in [-0.4, -0.2) is 4.98 Å². The lowest BCUT2D eigenvalue weighted by Crippen LogP contribution is -2.08. The van der Waals surface area contributed by atoms with Crippen LogP contribution in [0, 0.1) is 5.92 Å². The van der Waals surface area contributed by atoms with E-state index in [0.717, 1.165) is 12.1 Å². The van der Waals surface area contributed by atoms with Gasteiger partial charge in [-0.05, 0) is 23.5 Å². The lowest BCUT2D eigenvalue weighted by molar-refractivity contribution is 0.850. The molecule has 1 heterocycles. The Morgan fingerprint density at radius 3 is 2.85 bits per heavy atom. The second-order valence-corrected chi connectivity index (χ2v) is 3.74. The van der Waals surface area contributed by atoms with Gasteiger partial charge in [0.1, 0.15) is 0 Å². The molecule has 2 heteroatoms. The van der Waals surface area contributed by atoms with E-state index >= 15 is 0 Å². The fourth-order valence-corrected chi connectivity index (χ4v) is 1.78. The van der Waals surface area contributed by atoms with Crippen molar-refractivity contribution in [1.29, 1.82) is 0 Å². The monoisotopic (exact) mass is 175 g/mol. The maximum Gasteiger partial charge on any atom is 0.248 e. The zero-order chi connectivity index (χ0) is 9.42. The summed E-state index contributed by atoms with van der Waals surface area (Å²) < 4.78 is 0. The highest BCUT2D eigenvalue weighted by Crippen LogP contribution is 2.29. The Bertz CT molecular complexity index is 412. The van der Waals surface area contributed by atoms with Crippen molar-refractivity contribution in [3.63, 3.8) is 0 Å². The van der Waals surface area contributed by atoms with Gasteiger partial charge >= 0.3 is 0 Å². The molecule has 0 atom stereocenters. The SMILES string of the molecule is CC(C)C1=CCc2ccc(=O)[nH]c21. The van der Waals surface area contributed by atoms with Gasteiger partial charge < -0.3 is 4.98 Å². The highest BCUT2D eigenvalue weighted by molar-refractivity contribution is 5.71. The lowest BCUT2D eigenvalue weighted by Gasteiger charge is -2.07. The summed E-state index contributed by atoms with van der Waals surface area (Å²) in [5.74, 6) is 0.485. The van der Waals surface area contributed by atoms with Crippen LogP contribution in [0.2, 0.25) is 0 Å². The third-order valence-electron chi connectivity index (χ3n) is 2.46. The number of rotatable bonds is 1. The molecule has 0 bridgehead atoms. The van der Waals surface area contributed by atoms with Crippen molar-refractivity contribution in [1.82, 2.24) is 4.98 Å². The number of pyridine rings is 1. The van der Waals surface area contributed by atoms with Gasteiger partial charge in [0.25, 0.3) is 0 Å². The van der Waals surface area contributed by atoms with Gasteiger partial charge in [0.2, 0.25) is 5.56 Å². The topological polar surface area (TPSA) is 32.9 Å². The van der Waals surface area contributed by atoms with Gasteiger partial charge in [-0.25, -0.2) is 0 Å². The number of hydrogen-bond acceptors (Lipinski definition) is 1. The van der Waals surface area contributed by atoms with Crippen molar-refractivity contribution in [3.8, 4) is 0 Å². The summed E-state index contributed by atoms with van der Waals surface area (Å²) in [6.07, 6.45) is 3.16. The molecule has 0 aliphatic heterocycles. The summed E-state index contributed by atoms with van der Waals surface area (Å²) in [5, 5.41) is 0. The quantitative estimate of drug-likeness (QED) is 0.695. The molecule has 13 heavy (non-hydrogen) atoms. The minimum absolute atomic E-state index is 0.00722. The van der Waals surface area contributed by atoms with Gasteiger partial charge in [0, 0.05) is 11.8 Å². The standard InChI is InChI=1S/C11H13NO/c1-7(2)9-5-3-8-4-6-10(13)12-11(8)9/h4-7H,3H2,1-2H3,(H,12,13). The Morgan fingerprint density at radius 1 is 1.38 bits per heavy atom. The Morgan fingerprint density at radius 2 is 2.15 bits per heavy atom. The number of nitrogens with one attached hydrogen (secondary N) is 1. The van der Waals surface area contributed by atoms with Crippen molar-refractivity contribution in [3.05, 3.63) is 39.8 Å². The van der Waals surface area contributed by atoms with Crippen molar-refractivity contribution >= 4 is 5.57 Å². The van der Waals surface area contributed by atoms with Gasteiger partial charge in [-0.1, -0.05) is 26.0 Å². The summed E-state index contributed by atoms with van der Waals surface area (Å²) in [6.45, 7) is 4.29. The van der Waals surface area contributed by atoms with E-state index in [9.17, 15) is 4.79 Å². The molecule has 0 aromatic carbocycles. The molecule has 1 aliphatic rings. The van der Waals surface area contributed by atoms with Crippen LogP contribution in [-0.2, 0) is 6.42 Å². The first-order valence-electron chi connectivity index (χ1n) is 4.61. The van der Waals surface area contributed by atoms with E-state index < -0.39 is 0 Å². The maximum absolute atomic E-state index is 11.1. The van der Waals surface area contributed by atoms with Crippen LogP contribution in [0.1, 0.15) is 25.1 Å². The average Bonchev–Trinajstić information content (AvgIpc) is 2.46. The largest absolute Gasteiger partial charge is 0.322 e. The molecule has 0 radical (unpaired) electrons. The van der Waals surface area contributed by atoms with Crippen molar-refractivity contribution in [2.75, 3.05) is 0 Å². The molecule has 1 aliphatic carbocycles. The molecular weight excluding hydrogens is 162 g/mol. The second-order valence-electron chi connectivity index (χ2n) is 3.74. The molecular formula is C11H13NO. The summed E-state index contributed by atoms with van der Waals surface area (Å²) in [7, 11) is 0. The fourth-order valence-electron chi connectivity index (χ4n) is 1.78. The normalized spacial score (nSPS) is 14.5. The van der Waals surface area contributed by atoms with Gasteiger partial charge in [0.05, 0.1) is 0 Å². The molecule has 0 spiro atoms. The van der Waals surface area contributed by atoms with Crippen molar-refractivity contribution < 1.29 is 0 Å². The number of H-pyrrole nitrogens is 1. The summed E-state index contributed by atoms with van der Waals surface area (Å²) in [4.78, 5) is 14.0. The van der Waals surface area contributed by atoms with E-state index in [1.807, 2.05) is 6.07 Å². The summed E-state index contributed by atoms with van der Waals surface area (Å²) in [6, 6.07) is 3.51. The van der Waals surface area contributed by atoms with Crippen molar-refractivity contribution in [2.24, 2.45) is 5.92 Å². The van der Waals surface area contributed by atoms with Gasteiger partial charge in [-0.15, -0.1) is 0 Å². The van der Waals surface area contributed by atoms with Gasteiger partial charge in [-0.2, -0.15) is 0 Å². The molecule has 1 aromatic heterocycles. The van der Waals surface area contributed by atoms with E-state index in [0.29, 0.717) is 5.92 Å². The molecule has 0 saturated carbocycles. The van der Waals surface area contributed by atoms with Crippen LogP contribution in [0.5, 0.6) is 0 Å². The van der Waals surface area contributed by atoms with Crippen LogP contribution in [0.3, 0.4) is 0 Å². The number of aromatic nitrogens is 1. The van der Waals surface area contributed by atoms with Crippen LogP contribution in [0.25, 0.3) is 5.57 Å². The van der Waals surface area contributed by atoms with E-state index in [1.165, 1.54) is 11.1 Å². The van der Waals surface area contributed by atoms with Gasteiger partial charge in [-0.3, -0.25) is 4.79 Å². The zero-order valence-electron chi connectivity index (χ0n) is 7.92. The molecule has 0 amide bonds. The minimum Gasteiger partial charge on any atom is -0.322 e. The third-order valence-corrected chi connectivity index (χ3v) is 2.46. The molecule has 2 nitrogen and oxygen atoms in total. The lowest BCUT2D eigenvalue weighted by atomic mass is 10.0. The molecule has 68 valence electrons. The smallest absolute Gasteiger partial charge is 0.248 e. The number of allylic oxidation sites excluding steroid dienone is 2. The molecule has 0 fully saturated rings. The predicted molar refractivity (Wildman–Crippen MR) is 53.6 cm³/mol. The number of fused-ring (bicyclic) bond motifs is 1. The fraction of sp³-hybridized carbons (Fsp3) is 0.364. The maximum atomic E-state index is 11.1. The van der Waals surface area contributed by atoms with E-state index in [-0.39, 0.29) is 5.56 Å².